The molecule has 1 spiro atoms. The van der Waals surface area contributed by atoms with Gasteiger partial charge in [-0.15, -0.1) is 0 Å². The van der Waals surface area contributed by atoms with Crippen molar-refractivity contribution >= 4 is 36.0 Å². The van der Waals surface area contributed by atoms with E-state index in [1.54, 1.807) is 11.8 Å². The van der Waals surface area contributed by atoms with Crippen LogP contribution in [-0.2, 0) is 18.8 Å². The number of hydrogen-bond donors (Lipinski definition) is 1. The molecule has 4 aliphatic rings. The quantitative estimate of drug-likeness (QED) is 0.690. The Labute approximate surface area is 201 Å². The zero-order valence-corrected chi connectivity index (χ0v) is 20.9. The molecule has 0 radical (unpaired) electrons. The Morgan fingerprint density at radius 3 is 2.68 bits per heavy atom. The van der Waals surface area contributed by atoms with Gasteiger partial charge in [-0.3, -0.25) is 9.79 Å². The predicted molar refractivity (Wildman–Crippen MR) is 131 cm³/mol. The minimum Gasteiger partial charge on any atom is -0.447 e. The molecule has 1 aromatic carbocycles. The van der Waals surface area contributed by atoms with Crippen LogP contribution in [0.4, 0.5) is 10.5 Å². The van der Waals surface area contributed by atoms with Crippen molar-refractivity contribution in [3.63, 3.8) is 0 Å². The predicted octanol–water partition coefficient (Wildman–Crippen LogP) is 3.27. The third-order valence-corrected chi connectivity index (χ3v) is 7.67. The second-order valence-corrected chi connectivity index (χ2v) is 10.8. The topological polar surface area (TPSA) is 89.5 Å². The average molecular weight is 467 g/mol. The first-order valence-corrected chi connectivity index (χ1v) is 12.3. The van der Waals surface area contributed by atoms with Crippen LogP contribution < -0.4 is 15.7 Å². The lowest BCUT2D eigenvalue weighted by Crippen LogP contribution is -2.53. The monoisotopic (exact) mass is 467 g/mol. The Hall–Kier alpha value is -2.39. The van der Waals surface area contributed by atoms with Gasteiger partial charge in [-0.05, 0) is 71.0 Å². The molecule has 0 saturated carbocycles. The molecular weight excluding hydrogens is 433 g/mol. The van der Waals surface area contributed by atoms with E-state index in [9.17, 15) is 9.59 Å². The maximum Gasteiger partial charge on any atom is 0.495 e. The van der Waals surface area contributed by atoms with E-state index in [0.29, 0.717) is 12.5 Å². The number of carbonyl (C=O) groups is 2. The van der Waals surface area contributed by atoms with Gasteiger partial charge in [0.25, 0.3) is 0 Å². The molecule has 0 aliphatic carbocycles. The molecule has 4 atom stereocenters. The number of nitrogens with one attached hydrogen (secondary N) is 1. The third kappa shape index (κ3) is 3.64. The number of hydrogen-bond acceptors (Lipinski definition) is 6. The fraction of sp³-hybridized carbons (Fsp3) is 0.640. The van der Waals surface area contributed by atoms with E-state index in [4.69, 9.17) is 19.0 Å². The van der Waals surface area contributed by atoms with E-state index in [1.165, 1.54) is 0 Å². The lowest BCUT2D eigenvalue weighted by Gasteiger charge is -2.39. The molecule has 4 heterocycles. The molecule has 9 heteroatoms. The summed E-state index contributed by atoms with van der Waals surface area (Å²) in [4.78, 5) is 31.5. The summed E-state index contributed by atoms with van der Waals surface area (Å²) in [6.45, 7) is 11.4. The average Bonchev–Trinajstić information content (AvgIpc) is 3.40. The molecule has 1 N–H and O–H groups in total. The van der Waals surface area contributed by atoms with E-state index in [0.717, 1.165) is 41.7 Å². The number of carbonyl (C=O) groups excluding carboxylic acids is 2. The number of ether oxygens (including phenoxy) is 1. The van der Waals surface area contributed by atoms with Gasteiger partial charge in [0.2, 0.25) is 5.91 Å². The van der Waals surface area contributed by atoms with Crippen molar-refractivity contribution in [1.82, 2.24) is 5.32 Å². The van der Waals surface area contributed by atoms with Crippen LogP contribution in [0, 0.1) is 0 Å². The van der Waals surface area contributed by atoms with E-state index in [1.807, 2.05) is 39.0 Å². The van der Waals surface area contributed by atoms with E-state index in [-0.39, 0.29) is 24.1 Å². The van der Waals surface area contributed by atoms with Crippen LogP contribution in [0.5, 0.6) is 0 Å². The van der Waals surface area contributed by atoms with Gasteiger partial charge in [-0.2, -0.15) is 0 Å². The van der Waals surface area contributed by atoms with E-state index < -0.39 is 24.4 Å². The second kappa shape index (κ2) is 8.09. The summed E-state index contributed by atoms with van der Waals surface area (Å²) in [6, 6.07) is 5.88. The van der Waals surface area contributed by atoms with Gasteiger partial charge in [-0.25, -0.2) is 4.79 Å². The van der Waals surface area contributed by atoms with Crippen molar-refractivity contribution in [1.29, 1.82) is 0 Å². The fourth-order valence-electron chi connectivity index (χ4n) is 6.15. The van der Waals surface area contributed by atoms with Crippen LogP contribution in [-0.4, -0.2) is 54.2 Å². The van der Waals surface area contributed by atoms with Gasteiger partial charge in [0.1, 0.15) is 5.60 Å². The molecule has 1 fully saturated rings. The van der Waals surface area contributed by atoms with Crippen molar-refractivity contribution in [3.8, 4) is 0 Å². The Morgan fingerprint density at radius 1 is 1.29 bits per heavy atom. The molecule has 2 amide bonds. The molecule has 182 valence electrons. The van der Waals surface area contributed by atoms with Gasteiger partial charge < -0.3 is 24.3 Å². The van der Waals surface area contributed by atoms with Crippen LogP contribution in [0.3, 0.4) is 0 Å². The second-order valence-electron chi connectivity index (χ2n) is 10.8. The number of aliphatic imine (C=N–C) groups is 1. The molecule has 0 aromatic heterocycles. The molecule has 34 heavy (non-hydrogen) atoms. The number of fused-ring (bicyclic) bond motifs is 3. The van der Waals surface area contributed by atoms with E-state index >= 15 is 0 Å². The zero-order chi connectivity index (χ0) is 24.4. The highest BCUT2D eigenvalue weighted by molar-refractivity contribution is 6.62. The van der Waals surface area contributed by atoms with Crippen molar-refractivity contribution < 1.29 is 23.6 Å². The smallest absolute Gasteiger partial charge is 0.447 e. The maximum absolute atomic E-state index is 12.5. The molecule has 4 aliphatic heterocycles. The van der Waals surface area contributed by atoms with Gasteiger partial charge in [0.15, 0.2) is 0 Å². The molecule has 2 bridgehead atoms. The lowest BCUT2D eigenvalue weighted by molar-refractivity contribution is -0.117. The minimum atomic E-state index is -0.546. The fourth-order valence-corrected chi connectivity index (χ4v) is 6.15. The van der Waals surface area contributed by atoms with Gasteiger partial charge >= 0.3 is 13.2 Å². The molecule has 5 rings (SSSR count). The highest BCUT2D eigenvalue weighted by Gasteiger charge is 2.64. The number of amides is 2. The summed E-state index contributed by atoms with van der Waals surface area (Å²) in [6.07, 6.45) is 2.82. The summed E-state index contributed by atoms with van der Waals surface area (Å²) in [5, 5.41) is 3.00. The SMILES string of the molecule is CC(=O)N1c2ccc(B3OC(C)(C)C4(CC5CCC4=N5)O3)cc2[C@@H](NC(=O)OC(C)C)C[C@H]1C. The molecule has 8 nitrogen and oxygen atoms in total. The lowest BCUT2D eigenvalue weighted by atomic mass is 9.74. The molecule has 1 aromatic rings. The standard InChI is InChI=1S/C25H34BN3O5/c1-14(2)32-23(31)28-20-11-15(3)29(16(4)30)21-9-7-17(12-19(20)21)26-33-24(5,6)25(34-26)13-18-8-10-22(25)27-18/h7,9,12,14-15,18,20H,8,10-11,13H2,1-6H3,(H,28,31)/t15-,18?,20+,25?/m1/s1. The van der Waals surface area contributed by atoms with Crippen LogP contribution in [0.25, 0.3) is 0 Å². The summed E-state index contributed by atoms with van der Waals surface area (Å²) in [5.41, 5.74) is 2.66. The molecule has 2 unspecified atom stereocenters. The van der Waals surface area contributed by atoms with Crippen LogP contribution >= 0.6 is 0 Å². The Kier molecular flexibility index (Phi) is 5.56. The van der Waals surface area contributed by atoms with Crippen molar-refractivity contribution in [3.05, 3.63) is 23.8 Å². The highest BCUT2D eigenvalue weighted by Crippen LogP contribution is 2.50. The number of nitrogens with zero attached hydrogens (tertiary/aromatic N) is 2. The summed E-state index contributed by atoms with van der Waals surface area (Å²) in [7, 11) is -0.546. The maximum atomic E-state index is 12.5. The van der Waals surface area contributed by atoms with Crippen LogP contribution in [0.1, 0.15) is 78.8 Å². The Bertz CT molecular complexity index is 1060. The highest BCUT2D eigenvalue weighted by atomic mass is 16.7. The largest absolute Gasteiger partial charge is 0.495 e. The Balaban J connectivity index is 1.48. The van der Waals surface area contributed by atoms with Crippen molar-refractivity contribution in [2.24, 2.45) is 4.99 Å². The van der Waals surface area contributed by atoms with E-state index in [2.05, 4.69) is 19.2 Å². The number of rotatable bonds is 3. The number of benzene rings is 1. The minimum absolute atomic E-state index is 0.0295. The summed E-state index contributed by atoms with van der Waals surface area (Å²) in [5.74, 6) is -0.0295. The number of anilines is 1. The van der Waals surface area contributed by atoms with Crippen molar-refractivity contribution in [2.75, 3.05) is 4.90 Å². The summed E-state index contributed by atoms with van der Waals surface area (Å²) < 4.78 is 18.5. The zero-order valence-electron chi connectivity index (χ0n) is 20.9. The van der Waals surface area contributed by atoms with Crippen molar-refractivity contribution in [2.45, 2.75) is 103 Å². The first-order chi connectivity index (χ1) is 16.0. The summed E-state index contributed by atoms with van der Waals surface area (Å²) >= 11 is 0. The van der Waals surface area contributed by atoms with Crippen LogP contribution in [0.15, 0.2) is 23.2 Å². The Morgan fingerprint density at radius 2 is 2.06 bits per heavy atom. The first-order valence-electron chi connectivity index (χ1n) is 12.3. The van der Waals surface area contributed by atoms with Crippen LogP contribution in [0.2, 0.25) is 0 Å². The molecular formula is C25H34BN3O5. The first kappa shape index (κ1) is 23.4. The van der Waals surface area contributed by atoms with Gasteiger partial charge in [-0.1, -0.05) is 12.1 Å². The third-order valence-electron chi connectivity index (χ3n) is 7.67. The normalized spacial score (nSPS) is 31.1. The molecule has 1 saturated heterocycles. The number of alkyl carbamates (subject to hydrolysis) is 1. The van der Waals surface area contributed by atoms with Gasteiger partial charge in [0.05, 0.1) is 23.8 Å². The van der Waals surface area contributed by atoms with Gasteiger partial charge in [0, 0.05) is 30.8 Å².